The van der Waals surface area contributed by atoms with Gasteiger partial charge in [-0.05, 0) is 205 Å². The van der Waals surface area contributed by atoms with Crippen LogP contribution in [0.1, 0.15) is 216 Å². The summed E-state index contributed by atoms with van der Waals surface area (Å²) in [5.41, 5.74) is 13.5. The number of carboxylic acid groups (broad SMARTS) is 1. The topological polar surface area (TPSA) is 156 Å². The minimum absolute atomic E-state index is 0. The van der Waals surface area contributed by atoms with Crippen LogP contribution in [0.5, 0.6) is 0 Å². The monoisotopic (exact) mass is 1040 g/mol. The molecule has 0 unspecified atom stereocenters. The van der Waals surface area contributed by atoms with E-state index in [0.29, 0.717) is 17.6 Å². The van der Waals surface area contributed by atoms with Gasteiger partial charge in [-0.15, -0.1) is 0 Å². The van der Waals surface area contributed by atoms with Crippen molar-refractivity contribution in [2.24, 2.45) is 0 Å². The summed E-state index contributed by atoms with van der Waals surface area (Å²) in [4.78, 5) is 60.4. The Hall–Kier alpha value is -5.26. The average Bonchev–Trinajstić information content (AvgIpc) is 3.32. The van der Waals surface area contributed by atoms with E-state index in [0.717, 1.165) is 102 Å². The van der Waals surface area contributed by atoms with Crippen LogP contribution in [-0.4, -0.2) is 69.9 Å². The summed E-state index contributed by atoms with van der Waals surface area (Å²) in [5.74, 6) is -1.91. The normalized spacial score (nSPS) is 14.7. The van der Waals surface area contributed by atoms with Crippen molar-refractivity contribution in [1.82, 2.24) is 9.97 Å². The van der Waals surface area contributed by atoms with Gasteiger partial charge in [-0.3, -0.25) is 19.4 Å². The lowest BCUT2D eigenvalue weighted by atomic mass is 9.90. The first-order valence-corrected chi connectivity index (χ1v) is 26.8. The van der Waals surface area contributed by atoms with Gasteiger partial charge in [0.25, 0.3) is 5.56 Å². The van der Waals surface area contributed by atoms with E-state index in [2.05, 4.69) is 137 Å². The van der Waals surface area contributed by atoms with Gasteiger partial charge < -0.3 is 19.6 Å². The number of carboxylic acids is 1. The minimum Gasteiger partial charge on any atom is -0.489 e. The maximum absolute atomic E-state index is 12.9. The van der Waals surface area contributed by atoms with Crippen molar-refractivity contribution in [1.29, 1.82) is 0 Å². The second-order valence-corrected chi connectivity index (χ2v) is 20.4. The quantitative estimate of drug-likeness (QED) is 0.0366. The Morgan fingerprint density at radius 2 is 0.733 bits per heavy atom. The number of hydrogen-bond acceptors (Lipinski definition) is 7. The van der Waals surface area contributed by atoms with Crippen LogP contribution in [0.4, 0.5) is 0 Å². The summed E-state index contributed by atoms with van der Waals surface area (Å²) >= 11 is 0. The highest BCUT2D eigenvalue weighted by molar-refractivity contribution is 6.23. The summed E-state index contributed by atoms with van der Waals surface area (Å²) in [5, 5.41) is 8.31. The molecule has 1 aliphatic rings. The van der Waals surface area contributed by atoms with Crippen molar-refractivity contribution in [3.05, 3.63) is 172 Å². The van der Waals surface area contributed by atoms with Crippen molar-refractivity contribution in [3.63, 3.8) is 0 Å². The van der Waals surface area contributed by atoms with Crippen molar-refractivity contribution in [3.8, 4) is 0 Å². The number of H-pyrrole nitrogens is 2. The molecule has 0 amide bonds. The van der Waals surface area contributed by atoms with Gasteiger partial charge in [0.1, 0.15) is 5.69 Å². The fourth-order valence-electron chi connectivity index (χ4n) is 8.17. The molecule has 1 aromatic heterocycles. The second kappa shape index (κ2) is 40.1. The Morgan fingerprint density at radius 3 is 1.00 bits per heavy atom. The van der Waals surface area contributed by atoms with E-state index in [1.807, 2.05) is 9.97 Å². The number of ketones is 2. The zero-order chi connectivity index (χ0) is 55.6. The molecule has 11 heteroatoms. The number of aromatic carboxylic acids is 1. The molecule has 2 radical (unpaired) electrons. The van der Waals surface area contributed by atoms with Crippen LogP contribution in [0.15, 0.2) is 155 Å². The molecule has 10 nitrogen and oxygen atoms in total. The van der Waals surface area contributed by atoms with Gasteiger partial charge in [0.15, 0.2) is 0 Å². The fraction of sp³-hybridized carbons (Fsp3) is 0.516. The summed E-state index contributed by atoms with van der Waals surface area (Å²) in [6.07, 6.45) is 44.3. The zero-order valence-corrected chi connectivity index (χ0v) is 50.2. The lowest BCUT2D eigenvalue weighted by Crippen LogP contribution is -2.24. The lowest BCUT2D eigenvalue weighted by Gasteiger charge is -2.19. The third-order valence-corrected chi connectivity index (χ3v) is 13.1. The molecule has 3 N–H and O–H groups in total. The number of rotatable bonds is 32. The third kappa shape index (κ3) is 32.0. The van der Waals surface area contributed by atoms with Crippen LogP contribution in [0, 0.1) is 0 Å². The molecule has 1 aromatic rings. The summed E-state index contributed by atoms with van der Waals surface area (Å²) < 4.78 is 10.3. The maximum atomic E-state index is 12.9. The number of hydrogen-bond donors (Lipinski definition) is 3. The number of nitrogens with one attached hydrogen (secondary N) is 2. The highest BCUT2D eigenvalue weighted by Crippen LogP contribution is 2.28. The van der Waals surface area contributed by atoms with Crippen LogP contribution in [0.25, 0.3) is 0 Å². The number of aromatic nitrogens is 2. The van der Waals surface area contributed by atoms with Gasteiger partial charge in [0.05, 0.1) is 14.2 Å². The van der Waals surface area contributed by atoms with Gasteiger partial charge in [-0.2, -0.15) is 0 Å². The Balaban J connectivity index is 0.00000401. The molecule has 0 bridgehead atoms. The van der Waals surface area contributed by atoms with E-state index in [1.54, 1.807) is 6.92 Å². The van der Waals surface area contributed by atoms with Crippen molar-refractivity contribution in [2.75, 3.05) is 14.2 Å². The van der Waals surface area contributed by atoms with Crippen molar-refractivity contribution in [2.45, 2.75) is 205 Å². The van der Waals surface area contributed by atoms with Gasteiger partial charge >= 0.3 is 11.7 Å². The number of carbonyl (C=O) groups is 3. The first-order chi connectivity index (χ1) is 35.1. The van der Waals surface area contributed by atoms with Gasteiger partial charge in [0, 0.05) is 40.3 Å². The van der Waals surface area contributed by atoms with Crippen molar-refractivity contribution < 1.29 is 29.0 Å². The number of aromatic amines is 2. The Kier molecular flexibility index (Phi) is 37.2. The highest BCUT2D eigenvalue weighted by atomic mass is 24.3. The number of carbonyl (C=O) groups excluding carboxylic acids is 2. The molecule has 0 aliphatic heterocycles. The van der Waals surface area contributed by atoms with Crippen molar-refractivity contribution >= 4 is 40.6 Å². The molecular formula is C64H94MgN2O8. The van der Waals surface area contributed by atoms with Crippen LogP contribution >= 0.6 is 0 Å². The van der Waals surface area contributed by atoms with E-state index >= 15 is 0 Å². The van der Waals surface area contributed by atoms with Crippen LogP contribution in [-0.2, 0) is 19.1 Å². The molecule has 0 aromatic carbocycles. The van der Waals surface area contributed by atoms with E-state index in [1.165, 1.54) is 89.2 Å². The van der Waals surface area contributed by atoms with Crippen LogP contribution in [0.2, 0.25) is 0 Å². The van der Waals surface area contributed by atoms with E-state index < -0.39 is 22.9 Å². The molecule has 75 heavy (non-hydrogen) atoms. The highest BCUT2D eigenvalue weighted by Gasteiger charge is 2.34. The Bertz CT molecular complexity index is 2490. The second-order valence-electron chi connectivity index (χ2n) is 20.4. The van der Waals surface area contributed by atoms with E-state index in [4.69, 9.17) is 14.6 Å². The van der Waals surface area contributed by atoms with Gasteiger partial charge in [0.2, 0.25) is 23.1 Å². The summed E-state index contributed by atoms with van der Waals surface area (Å²) in [6.45, 7) is 26.3. The lowest BCUT2D eigenvalue weighted by molar-refractivity contribution is -0.121. The predicted octanol–water partition coefficient (Wildman–Crippen LogP) is 16.2. The molecule has 0 atom stereocenters. The smallest absolute Gasteiger partial charge is 0.352 e. The van der Waals surface area contributed by atoms with Crippen LogP contribution in [0.3, 0.4) is 0 Å². The Labute approximate surface area is 468 Å². The first-order valence-electron chi connectivity index (χ1n) is 26.8. The number of methoxy groups -OCH3 is 2. The molecular weight excluding hydrogens is 949 g/mol. The van der Waals surface area contributed by atoms with E-state index in [9.17, 15) is 24.0 Å². The standard InChI is InChI=1S/C59H90O4.C5H4N2O4.Mg/c1-44(2)24-15-25-45(3)26-16-27-46(4)28-17-29-47(5)30-18-31-48(6)32-19-33-49(7)34-20-35-50(8)36-21-37-51(9)38-22-39-52(10)40-23-41-53(11)42-43-55-54(12)56(60)58(62-13)59(63-14)57(55)61;8-3-1-2(4(9)10)6-5(11)7-3;/h24,26,28,30,32,34,36,38,40,42H,15-23,25,27,29,31,33,35,37,39,41,43H2,1-14H3;1H,(H,9,10)(H2,6,7,8,11);/b45-26+,46-28+,47-30+,48-32-,49-34+,50-36+,51-38+,52-40+,53-42+;;. The molecule has 1 aliphatic carbocycles. The fourth-order valence-corrected chi connectivity index (χ4v) is 8.17. The molecule has 1 heterocycles. The van der Waals surface area contributed by atoms with E-state index in [-0.39, 0.29) is 46.1 Å². The predicted molar refractivity (Wildman–Crippen MR) is 315 cm³/mol. The summed E-state index contributed by atoms with van der Waals surface area (Å²) in [7, 11) is 2.78. The molecule has 0 saturated heterocycles. The molecule has 0 fully saturated rings. The number of allylic oxidation sites excluding steroid dienone is 22. The molecule has 410 valence electrons. The zero-order valence-electron chi connectivity index (χ0n) is 48.8. The molecule has 0 spiro atoms. The van der Waals surface area contributed by atoms with Gasteiger partial charge in [-0.1, -0.05) is 116 Å². The number of Topliss-reactive ketones (excluding diaryl/α,β-unsaturated/α-hetero) is 2. The molecule has 2 rings (SSSR count). The maximum Gasteiger partial charge on any atom is 0.352 e. The SMILES string of the molecule is COC1=C(OC)C(=O)C(C/C=C(\C)CC/C=C(\C)CC/C=C(\C)CC/C=C(\C)CC/C=C(\C)CC/C=C(/C)CC/C=C(\C)CC/C=C(\C)CC/C=C(\C)CCC=C(C)C)=C(C)C1=O.O=C(O)c1cc(=O)[nH]c(=O)[nH]1.[Mg]. The minimum atomic E-state index is -1.34. The van der Waals surface area contributed by atoms with Gasteiger partial charge in [-0.25, -0.2) is 9.59 Å². The first kappa shape index (κ1) is 69.7. The number of ether oxygens (including phenoxy) is 2. The largest absolute Gasteiger partial charge is 0.489 e. The van der Waals surface area contributed by atoms with Crippen LogP contribution < -0.4 is 11.2 Å². The third-order valence-electron chi connectivity index (χ3n) is 13.1. The molecule has 0 saturated carbocycles. The Morgan fingerprint density at radius 1 is 0.453 bits per heavy atom. The summed E-state index contributed by atoms with van der Waals surface area (Å²) in [6, 6.07) is 0.795. The average molecular weight is 1040 g/mol.